The molecule has 182 valence electrons. The van der Waals surface area contributed by atoms with Crippen molar-refractivity contribution in [3.05, 3.63) is 59.7 Å². The Morgan fingerprint density at radius 3 is 2.51 bits per heavy atom. The van der Waals surface area contributed by atoms with Crippen molar-refractivity contribution in [2.75, 3.05) is 23.3 Å². The van der Waals surface area contributed by atoms with Crippen molar-refractivity contribution in [1.82, 2.24) is 19.0 Å². The summed E-state index contributed by atoms with van der Waals surface area (Å²) >= 11 is 1.52. The number of aromatic nitrogens is 4. The quantitative estimate of drug-likeness (QED) is 0.366. The van der Waals surface area contributed by atoms with Crippen LogP contribution in [-0.4, -0.2) is 38.1 Å². The molecular formula is C24H22F4N6S. The van der Waals surface area contributed by atoms with Crippen LogP contribution in [0, 0.1) is 24.6 Å². The van der Waals surface area contributed by atoms with Crippen molar-refractivity contribution in [3.63, 3.8) is 0 Å². The van der Waals surface area contributed by atoms with E-state index in [4.69, 9.17) is 0 Å². The number of fused-ring (bicyclic) bond motifs is 3. The molecule has 0 spiro atoms. The first-order valence-electron chi connectivity index (χ1n) is 11.4. The van der Waals surface area contributed by atoms with Crippen LogP contribution in [0.3, 0.4) is 0 Å². The molecule has 1 N–H and O–H groups in total. The van der Waals surface area contributed by atoms with Gasteiger partial charge in [-0.25, -0.2) is 8.91 Å². The molecule has 4 aromatic rings. The second-order valence-electron chi connectivity index (χ2n) is 9.29. The first-order chi connectivity index (χ1) is 16.8. The Morgan fingerprint density at radius 1 is 1.06 bits per heavy atom. The van der Waals surface area contributed by atoms with Gasteiger partial charge < -0.3 is 10.2 Å². The molecule has 0 radical (unpaired) electrons. The van der Waals surface area contributed by atoms with Crippen LogP contribution < -0.4 is 10.2 Å². The highest BCUT2D eigenvalue weighted by molar-refractivity contribution is 7.10. The van der Waals surface area contributed by atoms with Crippen molar-refractivity contribution >= 4 is 28.1 Å². The third-order valence-electron chi connectivity index (χ3n) is 7.00. The largest absolute Gasteiger partial charge is 0.417 e. The number of rotatable bonds is 4. The number of aryl methyl sites for hydroxylation is 1. The summed E-state index contributed by atoms with van der Waals surface area (Å²) in [4.78, 5) is 6.96. The second kappa shape index (κ2) is 8.18. The molecule has 2 aliphatic rings. The second-order valence-corrected chi connectivity index (χ2v) is 10.1. The molecule has 1 aromatic carbocycles. The maximum Gasteiger partial charge on any atom is 0.417 e. The van der Waals surface area contributed by atoms with Crippen LogP contribution in [0.1, 0.15) is 24.1 Å². The predicted molar refractivity (Wildman–Crippen MR) is 126 cm³/mol. The zero-order valence-electron chi connectivity index (χ0n) is 18.8. The van der Waals surface area contributed by atoms with Crippen LogP contribution >= 0.6 is 11.5 Å². The molecule has 2 bridgehead atoms. The van der Waals surface area contributed by atoms with E-state index in [0.717, 1.165) is 43.8 Å². The number of alkyl halides is 3. The predicted octanol–water partition coefficient (Wildman–Crippen LogP) is 5.65. The minimum Gasteiger partial charge on any atom is -0.361 e. The number of benzene rings is 1. The molecule has 3 aromatic heterocycles. The zero-order valence-corrected chi connectivity index (χ0v) is 19.6. The van der Waals surface area contributed by atoms with E-state index in [0.29, 0.717) is 23.9 Å². The molecule has 6 rings (SSSR count). The van der Waals surface area contributed by atoms with Crippen molar-refractivity contribution < 1.29 is 17.6 Å². The molecule has 1 saturated heterocycles. The number of nitrogens with zero attached hydrogens (tertiary/aromatic N) is 5. The third kappa shape index (κ3) is 4.01. The topological polar surface area (TPSA) is 58.4 Å². The third-order valence-corrected chi connectivity index (χ3v) is 7.94. The van der Waals surface area contributed by atoms with E-state index in [1.54, 1.807) is 18.3 Å². The van der Waals surface area contributed by atoms with Crippen LogP contribution in [0.5, 0.6) is 0 Å². The number of halogens is 4. The Kier molecular flexibility index (Phi) is 5.21. The van der Waals surface area contributed by atoms with E-state index in [-0.39, 0.29) is 22.8 Å². The van der Waals surface area contributed by atoms with Gasteiger partial charge in [0.25, 0.3) is 0 Å². The van der Waals surface area contributed by atoms with Gasteiger partial charge in [-0.15, -0.1) is 5.10 Å². The smallest absolute Gasteiger partial charge is 0.361 e. The van der Waals surface area contributed by atoms with Crippen LogP contribution in [-0.2, 0) is 6.18 Å². The van der Waals surface area contributed by atoms with Gasteiger partial charge in [-0.2, -0.15) is 22.5 Å². The zero-order chi connectivity index (χ0) is 24.3. The molecule has 35 heavy (non-hydrogen) atoms. The Hall–Kier alpha value is -3.21. The fraction of sp³-hybridized carbons (Fsp3) is 0.375. The first-order valence-corrected chi connectivity index (χ1v) is 12.2. The van der Waals surface area contributed by atoms with Gasteiger partial charge in [-0.3, -0.25) is 0 Å². The lowest BCUT2D eigenvalue weighted by Gasteiger charge is -2.38. The highest BCUT2D eigenvalue weighted by Gasteiger charge is 2.43. The summed E-state index contributed by atoms with van der Waals surface area (Å²) < 4.78 is 60.5. The standard InChI is InChI=1S/C24H22F4N6S/c1-13-9-20(35-32-13)33-11-14-4-5-15(12-33)21(14)29-23-30-22-18(3-2-8-34(22)31-23)17-7-6-16(25)10-19(17)24(26,27)28/h2-3,6-10,14-15,21H,4-5,11-12H2,1H3,(H,29,31). The van der Waals surface area contributed by atoms with Gasteiger partial charge in [0.05, 0.1) is 11.3 Å². The minimum atomic E-state index is -4.70. The van der Waals surface area contributed by atoms with E-state index < -0.39 is 17.6 Å². The highest BCUT2D eigenvalue weighted by atomic mass is 32.1. The summed E-state index contributed by atoms with van der Waals surface area (Å²) in [7, 11) is 0. The Morgan fingerprint density at radius 2 is 1.83 bits per heavy atom. The lowest BCUT2D eigenvalue weighted by Crippen LogP contribution is -2.48. The number of nitrogens with one attached hydrogen (secondary N) is 1. The van der Waals surface area contributed by atoms with Crippen molar-refractivity contribution in [1.29, 1.82) is 0 Å². The van der Waals surface area contributed by atoms with Gasteiger partial charge in [0.15, 0.2) is 5.65 Å². The summed E-state index contributed by atoms with van der Waals surface area (Å²) in [5.74, 6) is 0.275. The van der Waals surface area contributed by atoms with Crippen molar-refractivity contribution in [2.24, 2.45) is 11.8 Å². The average molecular weight is 503 g/mol. The van der Waals surface area contributed by atoms with Crippen LogP contribution in [0.25, 0.3) is 16.8 Å². The first kappa shape index (κ1) is 22.3. The van der Waals surface area contributed by atoms with Gasteiger partial charge >= 0.3 is 6.18 Å². The maximum absolute atomic E-state index is 13.6. The molecule has 6 nitrogen and oxygen atoms in total. The van der Waals surface area contributed by atoms with Crippen LogP contribution in [0.15, 0.2) is 42.6 Å². The number of hydrogen-bond donors (Lipinski definition) is 1. The summed E-state index contributed by atoms with van der Waals surface area (Å²) in [5, 5.41) is 9.16. The van der Waals surface area contributed by atoms with Crippen LogP contribution in [0.4, 0.5) is 28.5 Å². The fourth-order valence-electron chi connectivity index (χ4n) is 5.45. The summed E-state index contributed by atoms with van der Waals surface area (Å²) in [5.41, 5.74) is 0.399. The molecule has 1 aliphatic carbocycles. The molecule has 11 heteroatoms. The lowest BCUT2D eigenvalue weighted by molar-refractivity contribution is -0.137. The van der Waals surface area contributed by atoms with Crippen LogP contribution in [0.2, 0.25) is 0 Å². The van der Waals surface area contributed by atoms with Gasteiger partial charge in [0, 0.05) is 30.9 Å². The van der Waals surface area contributed by atoms with Crippen molar-refractivity contribution in [2.45, 2.75) is 32.0 Å². The minimum absolute atomic E-state index is 0.128. The summed E-state index contributed by atoms with van der Waals surface area (Å²) in [6.45, 7) is 3.83. The van der Waals surface area contributed by atoms with Gasteiger partial charge in [0.2, 0.25) is 5.95 Å². The fourth-order valence-corrected chi connectivity index (χ4v) is 6.23. The number of hydrogen-bond acceptors (Lipinski definition) is 6. The number of piperidine rings is 1. The van der Waals surface area contributed by atoms with E-state index in [9.17, 15) is 17.6 Å². The average Bonchev–Trinajstić information content (AvgIpc) is 3.48. The molecule has 2 unspecified atom stereocenters. The summed E-state index contributed by atoms with van der Waals surface area (Å²) in [6.07, 6.45) is -0.855. The maximum atomic E-state index is 13.6. The number of anilines is 2. The van der Waals surface area contributed by atoms with E-state index in [1.165, 1.54) is 21.0 Å². The van der Waals surface area contributed by atoms with Gasteiger partial charge in [-0.05, 0) is 79.0 Å². The normalized spacial score (nSPS) is 22.2. The van der Waals surface area contributed by atoms with E-state index in [1.807, 2.05) is 6.92 Å². The highest BCUT2D eigenvalue weighted by Crippen LogP contribution is 2.42. The monoisotopic (exact) mass is 502 g/mol. The Labute approximate surface area is 202 Å². The molecule has 4 heterocycles. The summed E-state index contributed by atoms with van der Waals surface area (Å²) in [6, 6.07) is 8.17. The molecule has 1 aliphatic heterocycles. The van der Waals surface area contributed by atoms with E-state index >= 15 is 0 Å². The Bertz CT molecular complexity index is 1380. The molecule has 2 atom stereocenters. The van der Waals surface area contributed by atoms with Gasteiger partial charge in [0.1, 0.15) is 10.8 Å². The van der Waals surface area contributed by atoms with Crippen molar-refractivity contribution in [3.8, 4) is 11.1 Å². The van der Waals surface area contributed by atoms with E-state index in [2.05, 4.69) is 30.7 Å². The molecule has 0 amide bonds. The lowest BCUT2D eigenvalue weighted by atomic mass is 9.92. The Balaban J connectivity index is 1.29. The SMILES string of the molecule is Cc1cc(N2CC3CCC(C2)C3Nc2nc3c(-c4ccc(F)cc4C(F)(F)F)cccn3n2)sn1. The molecule has 2 fully saturated rings. The molecular weight excluding hydrogens is 480 g/mol. The number of pyridine rings is 1. The van der Waals surface area contributed by atoms with Gasteiger partial charge in [-0.1, -0.05) is 6.07 Å². The molecule has 1 saturated carbocycles.